The molecule has 0 saturated carbocycles. The lowest BCUT2D eigenvalue weighted by Crippen LogP contribution is -2.47. The number of nitrogens with one attached hydrogen (secondary N) is 4. The zero-order valence-electron chi connectivity index (χ0n) is 53.2. The van der Waals surface area contributed by atoms with Crippen LogP contribution in [0.2, 0.25) is 0 Å². The third-order valence-electron chi connectivity index (χ3n) is 12.6. The summed E-state index contributed by atoms with van der Waals surface area (Å²) in [6.45, 7) is 12.9. The molecule has 0 aromatic heterocycles. The van der Waals surface area contributed by atoms with Gasteiger partial charge in [-0.1, -0.05) is 97.9 Å². The highest BCUT2D eigenvalue weighted by Gasteiger charge is 2.40. The average molecular weight is 1420 g/mol. The van der Waals surface area contributed by atoms with Crippen molar-refractivity contribution in [2.45, 2.75) is 177 Å². The van der Waals surface area contributed by atoms with Crippen LogP contribution in [0, 0.1) is 17.8 Å². The first kappa shape index (κ1) is 82.2. The van der Waals surface area contributed by atoms with Crippen LogP contribution in [0.4, 0.5) is 9.59 Å². The fourth-order valence-electron chi connectivity index (χ4n) is 7.98. The van der Waals surface area contributed by atoms with Gasteiger partial charge in [0.15, 0.2) is 0 Å². The Morgan fingerprint density at radius 1 is 0.478 bits per heavy atom. The highest BCUT2D eigenvalue weighted by molar-refractivity contribution is 8.93. The quantitative estimate of drug-likeness (QED) is 0.0192. The summed E-state index contributed by atoms with van der Waals surface area (Å²) in [5.41, 5.74) is 20.1. The number of nitrogens with zero attached hydrogens (tertiary/aromatic N) is 4. The largest absolute Gasteiger partial charge is 0.444 e. The van der Waals surface area contributed by atoms with Gasteiger partial charge < -0.3 is 73.2 Å². The molecule has 0 radical (unpaired) electrons. The lowest BCUT2D eigenvalue weighted by atomic mass is 10.0. The number of ether oxygens (including phenoxy) is 2. The number of alkyl carbamates (subject to hydrolysis) is 2. The first-order chi connectivity index (χ1) is 43.3. The molecule has 0 bridgehead atoms. The molecule has 92 heavy (non-hydrogen) atoms. The molecule has 0 spiro atoms. The van der Waals surface area contributed by atoms with Crippen molar-refractivity contribution in [1.82, 2.24) is 41.2 Å². The van der Waals surface area contributed by atoms with Gasteiger partial charge in [-0.25, -0.2) is 19.2 Å². The Bertz CT molecular complexity index is 2450. The molecule has 0 aromatic rings. The maximum atomic E-state index is 12.9. The van der Waals surface area contributed by atoms with Crippen molar-refractivity contribution < 1.29 is 95.3 Å². The van der Waals surface area contributed by atoms with Crippen molar-refractivity contribution >= 4 is 154 Å². The van der Waals surface area contributed by atoms with Crippen molar-refractivity contribution in [3.05, 3.63) is 0 Å². The Kier molecular flexibility index (Phi) is 37.9. The van der Waals surface area contributed by atoms with Gasteiger partial charge in [-0.05, 0) is 86.6 Å². The summed E-state index contributed by atoms with van der Waals surface area (Å²) < 4.78 is 11.1. The van der Waals surface area contributed by atoms with Gasteiger partial charge in [0.25, 0.3) is 23.6 Å². The number of amides is 13. The van der Waals surface area contributed by atoms with Crippen molar-refractivity contribution in [1.29, 1.82) is 0 Å². The molecule has 12 N–H and O–H groups in total. The predicted molar refractivity (Wildman–Crippen MR) is 355 cm³/mol. The molecule has 0 unspecified atom stereocenters. The van der Waals surface area contributed by atoms with E-state index in [0.717, 1.165) is 24.2 Å². The molecule has 5 aliphatic heterocycles. The molecule has 13 amide bonds. The first-order valence-electron chi connectivity index (χ1n) is 30.0. The lowest BCUT2D eigenvalue weighted by molar-refractivity contribution is -0.201. The van der Waals surface area contributed by atoms with Crippen LogP contribution in [0.1, 0.15) is 156 Å². The van der Waals surface area contributed by atoms with Gasteiger partial charge in [0, 0.05) is 69.0 Å². The average Bonchev–Trinajstić information content (AvgIpc) is 1.85. The monoisotopic (exact) mass is 1420 g/mol. The van der Waals surface area contributed by atoms with Gasteiger partial charge in [-0.3, -0.25) is 52.7 Å². The third-order valence-corrected chi connectivity index (χ3v) is 19.6. The van der Waals surface area contributed by atoms with Gasteiger partial charge in [0.1, 0.15) is 37.4 Å². The standard InChI is InChI=1S/C26H44N6O7S4.C20H26N4O11.C7H14N2OS2.C2H6.3H2/c1-26(2,3)39-25(38)31-13-10-20(35)32(14-18(33)29-11-6-4-8-16(21(27)36)23-40-41-23)15-19(34)30-12-7-5-9-17(22(28)37)24-42-43-24;1-20(2,3)33-19(32)21-9-8-12(25)22(10-17(30)34-23-13(26)4-5-14(23)27)11-18(31)35-24-15(28)6-7-16(24)29;8-4-2-1-3-5(6(9)10)7-11-12-7;1-2;;;/h16-17,23-24H,4-15H2,1-3H3,(H2,27,36)(H2,28,37)(H,29,33)(H,30,34)(H,31,38);4-11H2,1-3H3,(H,21,32);5,7H,1-4,8H2,(H2,9,10);1-2H3;3*1H/t16-,17-;;5-;;;;/m0.0..../s1. The van der Waals surface area contributed by atoms with Gasteiger partial charge in [-0.2, -0.15) is 0 Å². The molecule has 5 rings (SSSR count). The molecule has 526 valence electrons. The number of imide groups is 2. The normalized spacial score (nSPS) is 16.1. The summed E-state index contributed by atoms with van der Waals surface area (Å²) in [6.07, 6.45) is 4.35. The van der Waals surface area contributed by atoms with E-state index in [1.807, 2.05) is 13.8 Å². The van der Waals surface area contributed by atoms with Crippen LogP contribution in [-0.4, -0.2) is 193 Å². The van der Waals surface area contributed by atoms with Gasteiger partial charge in [0.2, 0.25) is 41.4 Å². The summed E-state index contributed by atoms with van der Waals surface area (Å²) >= 11 is 0. The van der Waals surface area contributed by atoms with Crippen LogP contribution in [0.5, 0.6) is 0 Å². The zero-order chi connectivity index (χ0) is 69.3. The number of hydroxylamine groups is 4. The van der Waals surface area contributed by atoms with Gasteiger partial charge >= 0.3 is 24.1 Å². The van der Waals surface area contributed by atoms with Crippen LogP contribution >= 0.6 is 64.8 Å². The fraction of sp³-hybridized carbons (Fsp3) is 0.727. The van der Waals surface area contributed by atoms with Crippen LogP contribution in [-0.2, 0) is 81.5 Å². The molecule has 5 saturated heterocycles. The number of carbonyl (C=O) groups is 15. The molecule has 3 atom stereocenters. The van der Waals surface area contributed by atoms with Gasteiger partial charge in [-0.15, -0.1) is 10.1 Å². The first-order valence-corrected chi connectivity index (χ1v) is 36.8. The van der Waals surface area contributed by atoms with E-state index in [-0.39, 0.29) is 124 Å². The van der Waals surface area contributed by atoms with Crippen molar-refractivity contribution in [3.8, 4) is 0 Å². The molecular weight excluding hydrogens is 1330 g/mol. The number of unbranched alkanes of at least 4 members (excludes halogenated alkanes) is 3. The second kappa shape index (κ2) is 42.4. The smallest absolute Gasteiger partial charge is 0.407 e. The third kappa shape index (κ3) is 35.4. The van der Waals surface area contributed by atoms with E-state index in [0.29, 0.717) is 67.6 Å². The zero-order valence-corrected chi connectivity index (χ0v) is 58.1. The molecule has 37 heteroatoms. The van der Waals surface area contributed by atoms with Crippen LogP contribution in [0.3, 0.4) is 0 Å². The van der Waals surface area contributed by atoms with E-state index in [9.17, 15) is 71.9 Å². The second-order valence-electron chi connectivity index (χ2n) is 22.6. The van der Waals surface area contributed by atoms with Crippen molar-refractivity contribution in [3.63, 3.8) is 0 Å². The lowest BCUT2D eigenvalue weighted by Gasteiger charge is -2.23. The summed E-state index contributed by atoms with van der Waals surface area (Å²) in [7, 11) is 10.0. The minimum absolute atomic E-state index is 0. The molecule has 0 aromatic carbocycles. The Hall–Kier alpha value is -5.89. The number of primary amides is 3. The topological polar surface area (TPSA) is 458 Å². The molecule has 5 aliphatic rings. The maximum Gasteiger partial charge on any atom is 0.407 e. The molecular formula is C55H96N12O19S6. The highest BCUT2D eigenvalue weighted by atomic mass is 33.2. The Morgan fingerprint density at radius 3 is 1.04 bits per heavy atom. The molecule has 31 nitrogen and oxygen atoms in total. The number of nitrogens with two attached hydrogens (primary N) is 4. The summed E-state index contributed by atoms with van der Waals surface area (Å²) in [4.78, 5) is 191. The minimum Gasteiger partial charge on any atom is -0.444 e. The summed E-state index contributed by atoms with van der Waals surface area (Å²) in [5, 5.41) is 10.9. The van der Waals surface area contributed by atoms with E-state index < -0.39 is 95.7 Å². The van der Waals surface area contributed by atoms with Crippen LogP contribution in [0.15, 0.2) is 0 Å². The summed E-state index contributed by atoms with van der Waals surface area (Å²) in [6, 6.07) is 0. The Labute approximate surface area is 563 Å². The second-order valence-corrected chi connectivity index (χ2v) is 31.2. The molecule has 5 heterocycles. The number of carbonyl (C=O) groups excluding carboxylic acids is 15. The van der Waals surface area contributed by atoms with Crippen LogP contribution in [0.25, 0.3) is 0 Å². The number of rotatable bonds is 36. The molecule has 5 fully saturated rings. The number of hydrogen-bond donors (Lipinski definition) is 8. The predicted octanol–water partition coefficient (Wildman–Crippen LogP) is 3.59. The fourth-order valence-corrected chi connectivity index (χ4v) is 13.6. The van der Waals surface area contributed by atoms with E-state index in [4.69, 9.17) is 42.1 Å². The Balaban J connectivity index is 0. The maximum absolute atomic E-state index is 12.9. The van der Waals surface area contributed by atoms with E-state index in [1.165, 1.54) is 0 Å². The van der Waals surface area contributed by atoms with Crippen molar-refractivity contribution in [2.24, 2.45) is 40.7 Å². The molecule has 0 aliphatic carbocycles. The number of hydrogen-bond acceptors (Lipinski definition) is 26. The Morgan fingerprint density at radius 2 is 0.772 bits per heavy atom. The SMILES string of the molecule is CC.CC(C)(C)OC(=O)NCCC(=O)N(CC(=O)NCCCC[C@@H](C(N)=O)C1SS1)CC(=O)NCCCC[C@@H](C(N)=O)C1SS1.CC(C)(C)OC(=O)NCCC(=O)N(CC(=O)ON1C(=O)CCC1=O)CC(=O)ON1C(=O)CCC1=O.NCCCC[C@@H](C(N)=O)C1SS1.[HH].[HH].[HH]. The van der Waals surface area contributed by atoms with E-state index in [2.05, 4.69) is 21.3 Å². The van der Waals surface area contributed by atoms with E-state index in [1.54, 1.807) is 106 Å². The van der Waals surface area contributed by atoms with Gasteiger partial charge in [0.05, 0.1) is 31.5 Å². The van der Waals surface area contributed by atoms with Crippen molar-refractivity contribution in [2.75, 3.05) is 58.9 Å². The van der Waals surface area contributed by atoms with E-state index >= 15 is 0 Å². The highest BCUT2D eigenvalue weighted by Crippen LogP contribution is 2.59. The van der Waals surface area contributed by atoms with Crippen LogP contribution < -0.4 is 44.2 Å². The minimum atomic E-state index is -1.21. The summed E-state index contributed by atoms with van der Waals surface area (Å²) in [5.74, 6) is -8.63.